The van der Waals surface area contributed by atoms with Gasteiger partial charge in [-0.25, -0.2) is 0 Å². The van der Waals surface area contributed by atoms with E-state index in [1.165, 1.54) is 0 Å². The summed E-state index contributed by atoms with van der Waals surface area (Å²) in [4.78, 5) is 23.2. The summed E-state index contributed by atoms with van der Waals surface area (Å²) in [5.74, 6) is 0.601. The molecule has 1 N–H and O–H groups in total. The molecule has 22 heavy (non-hydrogen) atoms. The Morgan fingerprint density at radius 1 is 1.09 bits per heavy atom. The normalized spacial score (nSPS) is 16.7. The molecule has 0 heterocycles. The predicted octanol–water partition coefficient (Wildman–Crippen LogP) is 2.73. The summed E-state index contributed by atoms with van der Waals surface area (Å²) in [6.45, 7) is 0.489. The lowest BCUT2D eigenvalue weighted by Crippen LogP contribution is -2.47. The van der Waals surface area contributed by atoms with Crippen molar-refractivity contribution < 1.29 is 14.3 Å². The average Bonchev–Trinajstić information content (AvgIpc) is 2.57. The lowest BCUT2D eigenvalue weighted by atomic mass is 9.91. The SMILES string of the molecule is O=C(N[C@@H]1CCC1=O)c1ccc(OCc2ccccc2)cc1. The van der Waals surface area contributed by atoms with Crippen molar-refractivity contribution in [2.75, 3.05) is 0 Å². The largest absolute Gasteiger partial charge is 0.489 e. The minimum atomic E-state index is -0.304. The van der Waals surface area contributed by atoms with Crippen LogP contribution in [0.25, 0.3) is 0 Å². The van der Waals surface area contributed by atoms with Gasteiger partial charge in [0.2, 0.25) is 0 Å². The van der Waals surface area contributed by atoms with Gasteiger partial charge in [-0.15, -0.1) is 0 Å². The third-order valence-corrected chi connectivity index (χ3v) is 3.74. The number of Topliss-reactive ketones (excluding diaryl/α,β-unsaturated/α-hetero) is 1. The minimum absolute atomic E-state index is 0.108. The maximum atomic E-state index is 12.0. The minimum Gasteiger partial charge on any atom is -0.489 e. The Bertz CT molecular complexity index is 664. The van der Waals surface area contributed by atoms with Gasteiger partial charge in [-0.3, -0.25) is 9.59 Å². The summed E-state index contributed by atoms with van der Waals surface area (Å²) in [7, 11) is 0. The standard InChI is InChI=1S/C18H17NO3/c20-17-11-10-16(17)19-18(21)14-6-8-15(9-7-14)22-12-13-4-2-1-3-5-13/h1-9,16H,10-12H2,(H,19,21)/t16-/m1/s1. The van der Waals surface area contributed by atoms with Gasteiger partial charge in [0.15, 0.2) is 5.78 Å². The monoisotopic (exact) mass is 295 g/mol. The van der Waals surface area contributed by atoms with Gasteiger partial charge in [0.05, 0.1) is 6.04 Å². The second-order valence-corrected chi connectivity index (χ2v) is 5.33. The molecule has 0 unspecified atom stereocenters. The zero-order chi connectivity index (χ0) is 15.4. The fourth-order valence-electron chi connectivity index (χ4n) is 2.24. The van der Waals surface area contributed by atoms with Gasteiger partial charge in [0.25, 0.3) is 5.91 Å². The number of carbonyl (C=O) groups excluding carboxylic acids is 2. The highest BCUT2D eigenvalue weighted by molar-refractivity contribution is 5.99. The highest BCUT2D eigenvalue weighted by Gasteiger charge is 2.29. The van der Waals surface area contributed by atoms with Crippen LogP contribution in [0.5, 0.6) is 5.75 Å². The predicted molar refractivity (Wildman–Crippen MR) is 82.7 cm³/mol. The average molecular weight is 295 g/mol. The van der Waals surface area contributed by atoms with Gasteiger partial charge in [-0.05, 0) is 36.2 Å². The van der Waals surface area contributed by atoms with Crippen molar-refractivity contribution in [2.45, 2.75) is 25.5 Å². The first-order chi connectivity index (χ1) is 10.7. The maximum absolute atomic E-state index is 12.0. The van der Waals surface area contributed by atoms with E-state index in [2.05, 4.69) is 5.32 Å². The first kappa shape index (κ1) is 14.3. The third-order valence-electron chi connectivity index (χ3n) is 3.74. The molecule has 2 aromatic rings. The highest BCUT2D eigenvalue weighted by atomic mass is 16.5. The summed E-state index contributed by atoms with van der Waals surface area (Å²) in [5.41, 5.74) is 1.62. The van der Waals surface area contributed by atoms with Crippen LogP contribution in [0.1, 0.15) is 28.8 Å². The highest BCUT2D eigenvalue weighted by Crippen LogP contribution is 2.17. The van der Waals surface area contributed by atoms with E-state index in [4.69, 9.17) is 4.74 Å². The molecule has 1 aliphatic rings. The van der Waals surface area contributed by atoms with Crippen LogP contribution < -0.4 is 10.1 Å². The summed E-state index contributed by atoms with van der Waals surface area (Å²) >= 11 is 0. The van der Waals surface area contributed by atoms with Crippen LogP contribution in [-0.2, 0) is 11.4 Å². The van der Waals surface area contributed by atoms with Crippen LogP contribution in [-0.4, -0.2) is 17.7 Å². The van der Waals surface area contributed by atoms with Gasteiger partial charge in [0.1, 0.15) is 12.4 Å². The van der Waals surface area contributed by atoms with E-state index in [1.807, 2.05) is 30.3 Å². The van der Waals surface area contributed by atoms with Gasteiger partial charge >= 0.3 is 0 Å². The first-order valence-corrected chi connectivity index (χ1v) is 7.33. The van der Waals surface area contributed by atoms with Crippen LogP contribution >= 0.6 is 0 Å². The van der Waals surface area contributed by atoms with Crippen molar-refractivity contribution in [1.82, 2.24) is 5.32 Å². The van der Waals surface area contributed by atoms with Crippen molar-refractivity contribution in [1.29, 1.82) is 0 Å². The number of amides is 1. The van der Waals surface area contributed by atoms with Crippen LogP contribution in [0.4, 0.5) is 0 Å². The number of hydrogen-bond acceptors (Lipinski definition) is 3. The molecule has 4 heteroatoms. The Morgan fingerprint density at radius 2 is 1.82 bits per heavy atom. The Hall–Kier alpha value is -2.62. The van der Waals surface area contributed by atoms with E-state index in [-0.39, 0.29) is 17.7 Å². The molecular weight excluding hydrogens is 278 g/mol. The van der Waals surface area contributed by atoms with E-state index in [1.54, 1.807) is 24.3 Å². The molecule has 1 amide bonds. The number of nitrogens with one attached hydrogen (secondary N) is 1. The number of rotatable bonds is 5. The Balaban J connectivity index is 1.55. The van der Waals surface area contributed by atoms with Gasteiger partial charge in [0, 0.05) is 12.0 Å². The fourth-order valence-corrected chi connectivity index (χ4v) is 2.24. The van der Waals surface area contributed by atoms with Crippen LogP contribution in [0.2, 0.25) is 0 Å². The lowest BCUT2D eigenvalue weighted by Gasteiger charge is -2.24. The van der Waals surface area contributed by atoms with Crippen LogP contribution in [0, 0.1) is 0 Å². The molecule has 2 aromatic carbocycles. The molecule has 1 aliphatic carbocycles. The molecule has 0 bridgehead atoms. The topological polar surface area (TPSA) is 55.4 Å². The molecular formula is C18H17NO3. The first-order valence-electron chi connectivity index (χ1n) is 7.33. The summed E-state index contributed by atoms with van der Waals surface area (Å²) in [5, 5.41) is 2.73. The van der Waals surface area contributed by atoms with E-state index in [0.717, 1.165) is 12.0 Å². The zero-order valence-electron chi connectivity index (χ0n) is 12.1. The molecule has 1 fully saturated rings. The van der Waals surface area contributed by atoms with Crippen molar-refractivity contribution in [2.24, 2.45) is 0 Å². The van der Waals surface area contributed by atoms with Crippen molar-refractivity contribution in [3.63, 3.8) is 0 Å². The van der Waals surface area contributed by atoms with Gasteiger partial charge in [-0.1, -0.05) is 30.3 Å². The van der Waals surface area contributed by atoms with Gasteiger partial charge in [-0.2, -0.15) is 0 Å². The fraction of sp³-hybridized carbons (Fsp3) is 0.222. The molecule has 1 saturated carbocycles. The van der Waals surface area contributed by atoms with E-state index >= 15 is 0 Å². The third kappa shape index (κ3) is 3.34. The molecule has 0 radical (unpaired) electrons. The maximum Gasteiger partial charge on any atom is 0.251 e. The van der Waals surface area contributed by atoms with Crippen molar-refractivity contribution in [3.8, 4) is 5.75 Å². The second-order valence-electron chi connectivity index (χ2n) is 5.33. The molecule has 0 aliphatic heterocycles. The molecule has 4 nitrogen and oxygen atoms in total. The van der Waals surface area contributed by atoms with E-state index in [9.17, 15) is 9.59 Å². The van der Waals surface area contributed by atoms with E-state index in [0.29, 0.717) is 24.3 Å². The summed E-state index contributed by atoms with van der Waals surface area (Å²) < 4.78 is 5.67. The number of hydrogen-bond donors (Lipinski definition) is 1. The van der Waals surface area contributed by atoms with Crippen molar-refractivity contribution in [3.05, 3.63) is 65.7 Å². The van der Waals surface area contributed by atoms with Crippen LogP contribution in [0.3, 0.4) is 0 Å². The molecule has 0 spiro atoms. The quantitative estimate of drug-likeness (QED) is 0.922. The summed E-state index contributed by atoms with van der Waals surface area (Å²) in [6.07, 6.45) is 1.31. The van der Waals surface area contributed by atoms with Gasteiger partial charge < -0.3 is 10.1 Å². The molecule has 0 aromatic heterocycles. The van der Waals surface area contributed by atoms with Crippen LogP contribution in [0.15, 0.2) is 54.6 Å². The van der Waals surface area contributed by atoms with E-state index < -0.39 is 0 Å². The summed E-state index contributed by atoms with van der Waals surface area (Å²) in [6, 6.07) is 16.5. The number of ketones is 1. The zero-order valence-corrected chi connectivity index (χ0v) is 12.1. The molecule has 0 saturated heterocycles. The molecule has 1 atom stereocenters. The van der Waals surface area contributed by atoms with Crippen molar-refractivity contribution >= 4 is 11.7 Å². The molecule has 112 valence electrons. The second kappa shape index (κ2) is 6.43. The molecule has 3 rings (SSSR count). The Morgan fingerprint density at radius 3 is 2.41 bits per heavy atom. The smallest absolute Gasteiger partial charge is 0.251 e. The number of ether oxygens (including phenoxy) is 1. The number of carbonyl (C=O) groups is 2. The number of benzene rings is 2. The Kier molecular flexibility index (Phi) is 4.19. The Labute approximate surface area is 129 Å². The lowest BCUT2D eigenvalue weighted by molar-refractivity contribution is -0.126.